The molecule has 0 spiro atoms. The van der Waals surface area contributed by atoms with Crippen molar-refractivity contribution >= 4 is 0 Å². The highest BCUT2D eigenvalue weighted by molar-refractivity contribution is 5.26. The van der Waals surface area contributed by atoms with Crippen LogP contribution in [-0.4, -0.2) is 10.1 Å². The van der Waals surface area contributed by atoms with E-state index in [4.69, 9.17) is 5.11 Å². The molecule has 0 saturated carbocycles. The summed E-state index contributed by atoms with van der Waals surface area (Å²) in [6.07, 6.45) is 2.66. The first kappa shape index (κ1) is 7.34. The molecule has 1 aromatic rings. The van der Waals surface area contributed by atoms with E-state index in [2.05, 4.69) is 4.98 Å². The van der Waals surface area contributed by atoms with Gasteiger partial charge in [-0.25, -0.2) is 0 Å². The molecule has 4 heteroatoms. The summed E-state index contributed by atoms with van der Waals surface area (Å²) in [5.74, 6) is 0. The van der Waals surface area contributed by atoms with Crippen LogP contribution in [0.1, 0.15) is 23.4 Å². The molecule has 0 fully saturated rings. The average Bonchev–Trinajstić information content (AvgIpc) is 2.48. The smallest absolute Gasteiger partial charge is 0.499 e. The van der Waals surface area contributed by atoms with E-state index in [-0.39, 0.29) is 0 Å². The Morgan fingerprint density at radius 1 is 1.50 bits per heavy atom. The molecule has 2 rings (SSSR count). The van der Waals surface area contributed by atoms with Crippen LogP contribution < -0.4 is 4.73 Å². The molecule has 4 nitrogen and oxygen atoms in total. The number of rotatable bonds is 0. The van der Waals surface area contributed by atoms with Crippen molar-refractivity contribution in [1.29, 1.82) is 0 Å². The molecule has 64 valence electrons. The van der Waals surface area contributed by atoms with Crippen molar-refractivity contribution in [2.75, 3.05) is 0 Å². The Morgan fingerprint density at radius 2 is 2.25 bits per heavy atom. The molecule has 1 heterocycles. The van der Waals surface area contributed by atoms with Gasteiger partial charge in [0.1, 0.15) is 5.69 Å². The third-order valence-corrected chi connectivity index (χ3v) is 2.32. The number of fused-ring (bicyclic) bond motifs is 1. The molecule has 0 bridgehead atoms. The van der Waals surface area contributed by atoms with Gasteiger partial charge < -0.3 is 10.3 Å². The van der Waals surface area contributed by atoms with E-state index in [1.54, 1.807) is 0 Å². The largest absolute Gasteiger partial charge is 0.708 e. The van der Waals surface area contributed by atoms with E-state index < -0.39 is 6.01 Å². The molecule has 1 aromatic heterocycles. The van der Waals surface area contributed by atoms with E-state index in [1.807, 2.05) is 6.92 Å². The summed E-state index contributed by atoms with van der Waals surface area (Å²) >= 11 is 0. The van der Waals surface area contributed by atoms with Gasteiger partial charge >= 0.3 is 6.01 Å². The van der Waals surface area contributed by atoms with Crippen LogP contribution in [0.3, 0.4) is 0 Å². The maximum atomic E-state index is 11.2. The van der Waals surface area contributed by atoms with Crippen LogP contribution in [0.25, 0.3) is 0 Å². The minimum absolute atomic E-state index is 0.423. The first-order valence-corrected chi connectivity index (χ1v) is 4.01. The molecule has 0 saturated heterocycles. The van der Waals surface area contributed by atoms with Gasteiger partial charge in [-0.1, -0.05) is 0 Å². The summed E-state index contributed by atoms with van der Waals surface area (Å²) in [5.41, 5.74) is 2.50. The van der Waals surface area contributed by atoms with Crippen LogP contribution in [-0.2, 0) is 12.8 Å². The molecule has 1 N–H and O–H groups in total. The van der Waals surface area contributed by atoms with Crippen molar-refractivity contribution in [3.63, 3.8) is 0 Å². The van der Waals surface area contributed by atoms with Gasteiger partial charge in [-0.2, -0.15) is 4.73 Å². The van der Waals surface area contributed by atoms with E-state index in [1.165, 1.54) is 0 Å². The maximum absolute atomic E-state index is 11.2. The summed E-state index contributed by atoms with van der Waals surface area (Å²) in [6, 6.07) is -0.423. The summed E-state index contributed by atoms with van der Waals surface area (Å²) in [5, 5.41) is 20.3. The minimum Gasteiger partial charge on any atom is -0.708 e. The fourth-order valence-corrected chi connectivity index (χ4v) is 1.73. The molecule has 0 aromatic carbocycles. The Bertz CT molecular complexity index is 336. The lowest BCUT2D eigenvalue weighted by Gasteiger charge is -2.07. The average molecular weight is 166 g/mol. The number of aromatic nitrogens is 2. The third-order valence-electron chi connectivity index (χ3n) is 2.32. The molecule has 0 radical (unpaired) electrons. The summed E-state index contributed by atoms with van der Waals surface area (Å²) < 4.78 is 0.537. The van der Waals surface area contributed by atoms with Crippen LogP contribution >= 0.6 is 0 Å². The number of hydrogen-bond acceptors (Lipinski definition) is 3. The standard InChI is InChI=1S/C8H10N2O2/c1-5-6-3-2-4-7(6)10(12)8(11)9-5/h2-4H2,1H3,(H,9,11). The third kappa shape index (κ3) is 0.841. The van der Waals surface area contributed by atoms with E-state index in [9.17, 15) is 5.21 Å². The van der Waals surface area contributed by atoms with Crippen molar-refractivity contribution in [2.45, 2.75) is 26.2 Å². The molecule has 0 atom stereocenters. The highest BCUT2D eigenvalue weighted by Gasteiger charge is 2.24. The molecular weight excluding hydrogens is 156 g/mol. The monoisotopic (exact) mass is 166 g/mol. The van der Waals surface area contributed by atoms with Gasteiger partial charge in [0.25, 0.3) is 0 Å². The zero-order valence-electron chi connectivity index (χ0n) is 6.87. The van der Waals surface area contributed by atoms with Gasteiger partial charge in [0, 0.05) is 18.9 Å². The van der Waals surface area contributed by atoms with E-state index >= 15 is 0 Å². The van der Waals surface area contributed by atoms with Gasteiger partial charge in [0.05, 0.1) is 0 Å². The molecule has 12 heavy (non-hydrogen) atoms. The Morgan fingerprint density at radius 3 is 3.00 bits per heavy atom. The van der Waals surface area contributed by atoms with Crippen molar-refractivity contribution in [3.8, 4) is 6.01 Å². The molecule has 0 unspecified atom stereocenters. The van der Waals surface area contributed by atoms with Crippen molar-refractivity contribution in [3.05, 3.63) is 22.2 Å². The number of nitrogens with zero attached hydrogens (tertiary/aromatic N) is 2. The predicted molar refractivity (Wildman–Crippen MR) is 41.6 cm³/mol. The zero-order valence-corrected chi connectivity index (χ0v) is 6.87. The number of aromatic hydroxyl groups is 1. The van der Waals surface area contributed by atoms with Gasteiger partial charge in [-0.3, -0.25) is 0 Å². The van der Waals surface area contributed by atoms with Gasteiger partial charge in [-0.15, -0.1) is 0 Å². The van der Waals surface area contributed by atoms with Crippen molar-refractivity contribution in [1.82, 2.24) is 4.98 Å². The fourth-order valence-electron chi connectivity index (χ4n) is 1.73. The van der Waals surface area contributed by atoms with E-state index in [0.717, 1.165) is 30.5 Å². The van der Waals surface area contributed by atoms with Crippen LogP contribution in [0.15, 0.2) is 0 Å². The van der Waals surface area contributed by atoms with Crippen LogP contribution in [0.4, 0.5) is 0 Å². The second kappa shape index (κ2) is 2.33. The minimum atomic E-state index is -0.423. The SMILES string of the molecule is Cc1nc(O)[n+]([O-])c2c1CCC2. The first-order chi connectivity index (χ1) is 5.70. The van der Waals surface area contributed by atoms with Crippen molar-refractivity contribution < 1.29 is 9.84 Å². The fraction of sp³-hybridized carbons (Fsp3) is 0.500. The van der Waals surface area contributed by atoms with Crippen LogP contribution in [0.5, 0.6) is 6.01 Å². The second-order valence-corrected chi connectivity index (χ2v) is 3.07. The summed E-state index contributed by atoms with van der Waals surface area (Å²) in [7, 11) is 0. The Balaban J connectivity index is 2.69. The van der Waals surface area contributed by atoms with Gasteiger partial charge in [-0.05, 0) is 17.8 Å². The number of hydrogen-bond donors (Lipinski definition) is 1. The normalized spacial score (nSPS) is 14.8. The Hall–Kier alpha value is -1.32. The van der Waals surface area contributed by atoms with Gasteiger partial charge in [0.15, 0.2) is 5.69 Å². The second-order valence-electron chi connectivity index (χ2n) is 3.07. The summed E-state index contributed by atoms with van der Waals surface area (Å²) in [6.45, 7) is 1.82. The highest BCUT2D eigenvalue weighted by Crippen LogP contribution is 2.21. The molecule has 1 aliphatic rings. The maximum Gasteiger partial charge on any atom is 0.499 e. The highest BCUT2D eigenvalue weighted by atomic mass is 16.5. The zero-order chi connectivity index (χ0) is 8.72. The molecule has 0 amide bonds. The topological polar surface area (TPSA) is 60.1 Å². The van der Waals surface area contributed by atoms with Crippen LogP contribution in [0.2, 0.25) is 0 Å². The molecule has 1 aliphatic carbocycles. The summed E-state index contributed by atoms with van der Waals surface area (Å²) in [4.78, 5) is 3.75. The van der Waals surface area contributed by atoms with E-state index in [0.29, 0.717) is 10.4 Å². The van der Waals surface area contributed by atoms with Gasteiger partial charge in [0.2, 0.25) is 0 Å². The lowest BCUT2D eigenvalue weighted by Crippen LogP contribution is -2.33. The Labute approximate surface area is 70.1 Å². The number of aryl methyl sites for hydroxylation is 1. The molecule has 0 aliphatic heterocycles. The lowest BCUT2D eigenvalue weighted by atomic mass is 10.2. The van der Waals surface area contributed by atoms with Crippen molar-refractivity contribution in [2.24, 2.45) is 0 Å². The molecular formula is C8H10N2O2. The Kier molecular flexibility index (Phi) is 1.43. The van der Waals surface area contributed by atoms with Crippen LogP contribution in [0, 0.1) is 12.1 Å². The quantitative estimate of drug-likeness (QED) is 0.443. The first-order valence-electron chi connectivity index (χ1n) is 4.01. The lowest BCUT2D eigenvalue weighted by molar-refractivity contribution is -0.625. The predicted octanol–water partition coefficient (Wildman–Crippen LogP) is 0.218.